The maximum Gasteiger partial charge on any atom is 0.264 e. The van der Waals surface area contributed by atoms with Crippen LogP contribution in [0.25, 0.3) is 0 Å². The first kappa shape index (κ1) is 14.0. The second-order valence-corrected chi connectivity index (χ2v) is 6.61. The lowest BCUT2D eigenvalue weighted by Gasteiger charge is -2.43. The van der Waals surface area contributed by atoms with Crippen molar-refractivity contribution in [3.63, 3.8) is 0 Å². The minimum absolute atomic E-state index is 0.144. The maximum atomic E-state index is 12.5. The van der Waals surface area contributed by atoms with Crippen molar-refractivity contribution >= 4 is 17.2 Å². The second kappa shape index (κ2) is 5.84. The van der Waals surface area contributed by atoms with E-state index >= 15 is 0 Å². The molecule has 1 saturated heterocycles. The summed E-state index contributed by atoms with van der Waals surface area (Å²) in [4.78, 5) is 15.3. The Balaban J connectivity index is 1.74. The smallest absolute Gasteiger partial charge is 0.264 e. The number of hydrogen-bond donors (Lipinski definition) is 0. The summed E-state index contributed by atoms with van der Waals surface area (Å²) < 4.78 is 11.5. The van der Waals surface area contributed by atoms with Crippen molar-refractivity contribution in [2.45, 2.75) is 24.9 Å². The van der Waals surface area contributed by atoms with E-state index in [0.717, 1.165) is 30.7 Å². The number of hydrogen-bond acceptors (Lipinski definition) is 4. The first-order valence-electron chi connectivity index (χ1n) is 7.21. The Morgan fingerprint density at radius 1 is 1.65 bits per heavy atom. The maximum absolute atomic E-state index is 12.5. The molecule has 3 rings (SSSR count). The fourth-order valence-corrected chi connectivity index (χ4v) is 4.18. The van der Waals surface area contributed by atoms with Crippen molar-refractivity contribution in [3.8, 4) is 0 Å². The lowest BCUT2D eigenvalue weighted by Crippen LogP contribution is -2.56. The molecule has 2 fully saturated rings. The van der Waals surface area contributed by atoms with E-state index < -0.39 is 0 Å². The monoisotopic (exact) mass is 295 g/mol. The van der Waals surface area contributed by atoms with Crippen LogP contribution in [0.1, 0.15) is 28.9 Å². The van der Waals surface area contributed by atoms with Gasteiger partial charge in [0.15, 0.2) is 0 Å². The number of rotatable bonds is 3. The van der Waals surface area contributed by atoms with Gasteiger partial charge in [-0.05, 0) is 24.3 Å². The Morgan fingerprint density at radius 2 is 2.55 bits per heavy atom. The van der Waals surface area contributed by atoms with Crippen molar-refractivity contribution in [1.29, 1.82) is 0 Å². The summed E-state index contributed by atoms with van der Waals surface area (Å²) in [6.07, 6.45) is 3.33. The van der Waals surface area contributed by atoms with Crippen molar-refractivity contribution in [2.24, 2.45) is 5.92 Å². The molecule has 2 heterocycles. The Labute approximate surface area is 123 Å². The molecule has 4 nitrogen and oxygen atoms in total. The van der Waals surface area contributed by atoms with Crippen LogP contribution >= 0.6 is 11.3 Å². The molecule has 1 aliphatic carbocycles. The van der Waals surface area contributed by atoms with E-state index in [9.17, 15) is 4.79 Å². The minimum Gasteiger partial charge on any atom is -0.384 e. The SMILES string of the molecule is COC[C@@H]1CCC[C@]12CN(C(=O)c1cccs1)CCO2. The van der Waals surface area contributed by atoms with E-state index in [1.165, 1.54) is 11.3 Å². The standard InChI is InChI=1S/C15H21NO3S/c1-18-10-12-4-2-6-15(12)11-16(7-8-19-15)14(17)13-5-3-9-20-13/h3,5,9,12H,2,4,6-8,10-11H2,1H3/t12-,15-/m0/s1. The summed E-state index contributed by atoms with van der Waals surface area (Å²) in [5.41, 5.74) is -0.179. The van der Waals surface area contributed by atoms with Gasteiger partial charge in [-0.3, -0.25) is 4.79 Å². The molecule has 5 heteroatoms. The number of carbonyl (C=O) groups excluding carboxylic acids is 1. The van der Waals surface area contributed by atoms with Crippen molar-refractivity contribution in [2.75, 3.05) is 33.4 Å². The molecular formula is C15H21NO3S. The van der Waals surface area contributed by atoms with Crippen molar-refractivity contribution in [1.82, 2.24) is 4.90 Å². The summed E-state index contributed by atoms with van der Waals surface area (Å²) in [6, 6.07) is 3.83. The highest BCUT2D eigenvalue weighted by Gasteiger charge is 2.47. The van der Waals surface area contributed by atoms with Crippen LogP contribution in [0, 0.1) is 5.92 Å². The number of morpholine rings is 1. The first-order chi connectivity index (χ1) is 9.75. The molecule has 110 valence electrons. The van der Waals surface area contributed by atoms with E-state index in [1.807, 2.05) is 22.4 Å². The molecule has 0 N–H and O–H groups in total. The first-order valence-corrected chi connectivity index (χ1v) is 8.09. The van der Waals surface area contributed by atoms with Gasteiger partial charge in [0.05, 0.1) is 30.2 Å². The molecular weight excluding hydrogens is 274 g/mol. The van der Waals surface area contributed by atoms with Crippen LogP contribution in [0.15, 0.2) is 17.5 Å². The second-order valence-electron chi connectivity index (χ2n) is 5.66. The van der Waals surface area contributed by atoms with Gasteiger partial charge in [0.25, 0.3) is 5.91 Å². The molecule has 1 aromatic heterocycles. The average Bonchev–Trinajstić information content (AvgIpc) is 3.10. The van der Waals surface area contributed by atoms with Crippen LogP contribution < -0.4 is 0 Å². The lowest BCUT2D eigenvalue weighted by atomic mass is 9.89. The number of thiophene rings is 1. The summed E-state index contributed by atoms with van der Waals surface area (Å²) >= 11 is 1.51. The molecule has 2 atom stereocenters. The predicted octanol–water partition coefficient (Wildman–Crippen LogP) is 2.41. The predicted molar refractivity (Wildman–Crippen MR) is 78.1 cm³/mol. The Bertz CT molecular complexity index is 462. The quantitative estimate of drug-likeness (QED) is 0.859. The zero-order valence-corrected chi connectivity index (χ0v) is 12.7. The fraction of sp³-hybridized carbons (Fsp3) is 0.667. The van der Waals surface area contributed by atoms with Gasteiger partial charge >= 0.3 is 0 Å². The number of methoxy groups -OCH3 is 1. The largest absolute Gasteiger partial charge is 0.384 e. The van der Waals surface area contributed by atoms with Crippen LogP contribution in [0.3, 0.4) is 0 Å². The number of amides is 1. The van der Waals surface area contributed by atoms with Gasteiger partial charge in [0.2, 0.25) is 0 Å². The zero-order chi connectivity index (χ0) is 14.0. The van der Waals surface area contributed by atoms with Crippen LogP contribution in [0.2, 0.25) is 0 Å². The van der Waals surface area contributed by atoms with Crippen LogP contribution in [0.5, 0.6) is 0 Å². The van der Waals surface area contributed by atoms with Gasteiger partial charge in [0.1, 0.15) is 0 Å². The molecule has 1 saturated carbocycles. The van der Waals surface area contributed by atoms with Gasteiger partial charge in [-0.25, -0.2) is 0 Å². The van der Waals surface area contributed by atoms with Crippen molar-refractivity contribution < 1.29 is 14.3 Å². The summed E-state index contributed by atoms with van der Waals surface area (Å²) in [7, 11) is 1.74. The van der Waals surface area contributed by atoms with Gasteiger partial charge in [0, 0.05) is 19.6 Å². The van der Waals surface area contributed by atoms with Gasteiger partial charge in [-0.1, -0.05) is 12.5 Å². The molecule has 2 aliphatic rings. The lowest BCUT2D eigenvalue weighted by molar-refractivity contribution is -0.130. The van der Waals surface area contributed by atoms with Crippen LogP contribution in [-0.4, -0.2) is 49.8 Å². The highest BCUT2D eigenvalue weighted by molar-refractivity contribution is 7.12. The summed E-state index contributed by atoms with van der Waals surface area (Å²) in [5.74, 6) is 0.553. The zero-order valence-electron chi connectivity index (χ0n) is 11.8. The molecule has 0 radical (unpaired) electrons. The Morgan fingerprint density at radius 3 is 3.30 bits per heavy atom. The number of ether oxygens (including phenoxy) is 2. The average molecular weight is 295 g/mol. The molecule has 1 spiro atoms. The van der Waals surface area contributed by atoms with E-state index in [0.29, 0.717) is 25.6 Å². The summed E-state index contributed by atoms with van der Waals surface area (Å²) in [6.45, 7) is 2.76. The molecule has 1 aromatic rings. The van der Waals surface area contributed by atoms with E-state index in [2.05, 4.69) is 0 Å². The van der Waals surface area contributed by atoms with Gasteiger partial charge < -0.3 is 14.4 Å². The summed E-state index contributed by atoms with van der Waals surface area (Å²) in [5, 5.41) is 1.95. The van der Waals surface area contributed by atoms with Crippen molar-refractivity contribution in [3.05, 3.63) is 22.4 Å². The number of nitrogens with zero attached hydrogens (tertiary/aromatic N) is 1. The minimum atomic E-state index is -0.179. The van der Waals surface area contributed by atoms with Crippen LogP contribution in [0.4, 0.5) is 0 Å². The van der Waals surface area contributed by atoms with Gasteiger partial charge in [-0.15, -0.1) is 11.3 Å². The van der Waals surface area contributed by atoms with E-state index in [4.69, 9.17) is 9.47 Å². The topological polar surface area (TPSA) is 38.8 Å². The molecule has 20 heavy (non-hydrogen) atoms. The molecule has 0 aromatic carbocycles. The third-order valence-electron chi connectivity index (χ3n) is 4.49. The third-order valence-corrected chi connectivity index (χ3v) is 5.35. The third kappa shape index (κ3) is 2.50. The highest BCUT2D eigenvalue weighted by Crippen LogP contribution is 2.41. The molecule has 0 bridgehead atoms. The highest BCUT2D eigenvalue weighted by atomic mass is 32.1. The Kier molecular flexibility index (Phi) is 4.10. The van der Waals surface area contributed by atoms with Crippen LogP contribution in [-0.2, 0) is 9.47 Å². The fourth-order valence-electron chi connectivity index (χ4n) is 3.49. The van der Waals surface area contributed by atoms with E-state index in [1.54, 1.807) is 7.11 Å². The Hall–Kier alpha value is -0.910. The van der Waals surface area contributed by atoms with Gasteiger partial charge in [-0.2, -0.15) is 0 Å². The molecule has 1 aliphatic heterocycles. The van der Waals surface area contributed by atoms with E-state index in [-0.39, 0.29) is 11.5 Å². The number of carbonyl (C=O) groups is 1. The molecule has 1 amide bonds. The normalized spacial score (nSPS) is 30.1. The molecule has 0 unspecified atom stereocenters.